The van der Waals surface area contributed by atoms with Crippen molar-refractivity contribution in [3.05, 3.63) is 29.8 Å². The largest absolute Gasteiger partial charge is 0.508 e. The Labute approximate surface area is 398 Å². The minimum absolute atomic E-state index is 0.00875. The molecule has 1 spiro atoms. The summed E-state index contributed by atoms with van der Waals surface area (Å²) < 4.78 is -0.700. The van der Waals surface area contributed by atoms with E-state index in [9.17, 15) is 58.5 Å². The number of nitrogens with zero attached hydrogens (tertiary/aromatic N) is 1. The van der Waals surface area contributed by atoms with Gasteiger partial charge in [-0.2, -0.15) is 0 Å². The molecule has 67 heavy (non-hydrogen) atoms. The van der Waals surface area contributed by atoms with E-state index < -0.39 is 119 Å². The highest BCUT2D eigenvalue weighted by atomic mass is 33.1. The lowest BCUT2D eigenvalue weighted by Crippen LogP contribution is -2.63. The lowest BCUT2D eigenvalue weighted by molar-refractivity contribution is -0.145. The van der Waals surface area contributed by atoms with Crippen LogP contribution in [0, 0.1) is 5.92 Å². The predicted molar refractivity (Wildman–Crippen MR) is 249 cm³/mol. The summed E-state index contributed by atoms with van der Waals surface area (Å²) in [6.07, 6.45) is 2.55. The number of amides is 8. The summed E-state index contributed by atoms with van der Waals surface area (Å²) in [4.78, 5) is 124. The third kappa shape index (κ3) is 16.0. The molecule has 0 aromatic heterocycles. The van der Waals surface area contributed by atoms with Crippen LogP contribution >= 0.6 is 21.6 Å². The number of carbonyl (C=O) groups excluding carboxylic acids is 8. The summed E-state index contributed by atoms with van der Waals surface area (Å²) in [7, 11) is 2.54. The average molecular weight is 978 g/mol. The summed E-state index contributed by atoms with van der Waals surface area (Å²) in [5.41, 5.74) is 11.7. The number of primary amides is 1. The second kappa shape index (κ2) is 25.9. The highest BCUT2D eigenvalue weighted by Gasteiger charge is 2.42. The quantitative estimate of drug-likeness (QED) is 0.104. The topological polar surface area (TPSA) is 342 Å². The lowest BCUT2D eigenvalue weighted by atomic mass is 9.85. The van der Waals surface area contributed by atoms with Crippen LogP contribution in [-0.4, -0.2) is 145 Å². The van der Waals surface area contributed by atoms with Crippen LogP contribution < -0.4 is 43.4 Å². The summed E-state index contributed by atoms with van der Waals surface area (Å²) >= 11 is 0. The number of benzene rings is 1. The zero-order valence-electron chi connectivity index (χ0n) is 38.3. The maximum absolute atomic E-state index is 14.6. The second-order valence-electron chi connectivity index (χ2n) is 17.7. The van der Waals surface area contributed by atoms with E-state index in [0.717, 1.165) is 19.3 Å². The molecule has 2 heterocycles. The number of aliphatic carboxylic acids is 1. The highest BCUT2D eigenvalue weighted by molar-refractivity contribution is 8.77. The Morgan fingerprint density at radius 1 is 0.881 bits per heavy atom. The Balaban J connectivity index is 1.76. The molecule has 23 heteroatoms. The molecule has 13 N–H and O–H groups in total. The summed E-state index contributed by atoms with van der Waals surface area (Å²) in [5, 5.41) is 46.1. The Bertz CT molecular complexity index is 1940. The molecule has 372 valence electrons. The molecule has 4 rings (SSSR count). The molecule has 1 aromatic carbocycles. The zero-order chi connectivity index (χ0) is 49.4. The van der Waals surface area contributed by atoms with E-state index in [2.05, 4.69) is 31.9 Å². The van der Waals surface area contributed by atoms with E-state index in [1.165, 1.54) is 45.5 Å². The van der Waals surface area contributed by atoms with Gasteiger partial charge in [0, 0.05) is 29.9 Å². The van der Waals surface area contributed by atoms with Gasteiger partial charge in [-0.15, -0.1) is 0 Å². The first-order chi connectivity index (χ1) is 31.8. The fourth-order valence-corrected chi connectivity index (χ4v) is 11.8. The molecular weight excluding hydrogens is 911 g/mol. The van der Waals surface area contributed by atoms with Gasteiger partial charge in [0.05, 0.1) is 12.5 Å². The maximum atomic E-state index is 14.6. The van der Waals surface area contributed by atoms with Crippen molar-refractivity contribution in [1.82, 2.24) is 36.8 Å². The molecule has 8 amide bonds. The summed E-state index contributed by atoms with van der Waals surface area (Å²) in [6, 6.07) is -3.65. The zero-order valence-corrected chi connectivity index (χ0v) is 39.9. The van der Waals surface area contributed by atoms with Crippen LogP contribution in [0.1, 0.15) is 103 Å². The summed E-state index contributed by atoms with van der Waals surface area (Å²) in [6.45, 7) is 4.94. The molecule has 1 aromatic rings. The van der Waals surface area contributed by atoms with Gasteiger partial charge in [-0.25, -0.2) is 4.79 Å². The van der Waals surface area contributed by atoms with Gasteiger partial charge in [-0.05, 0) is 75.6 Å². The van der Waals surface area contributed by atoms with Crippen molar-refractivity contribution >= 4 is 74.8 Å². The van der Waals surface area contributed by atoms with E-state index in [0.29, 0.717) is 37.7 Å². The van der Waals surface area contributed by atoms with Crippen molar-refractivity contribution in [2.45, 2.75) is 157 Å². The van der Waals surface area contributed by atoms with Crippen molar-refractivity contribution in [1.29, 1.82) is 0 Å². The average Bonchev–Trinajstić information content (AvgIpc) is 3.78. The number of aliphatic hydroxyl groups is 1. The van der Waals surface area contributed by atoms with Crippen LogP contribution in [0.2, 0.25) is 0 Å². The Kier molecular flexibility index (Phi) is 21.0. The van der Waals surface area contributed by atoms with Gasteiger partial charge in [0.25, 0.3) is 0 Å². The normalized spacial score (nSPS) is 26.1. The molecule has 2 saturated heterocycles. The number of likely N-dealkylation sites (tertiary alicyclic amines) is 1. The van der Waals surface area contributed by atoms with E-state index >= 15 is 0 Å². The van der Waals surface area contributed by atoms with Crippen LogP contribution in [0.5, 0.6) is 5.75 Å². The lowest BCUT2D eigenvalue weighted by Gasteiger charge is -2.37. The number of aliphatic hydroxyl groups excluding tert-OH is 1. The molecule has 0 bridgehead atoms. The standard InChI is InChI=1S/C44H67N9O12S2/c1-4-24(2)35-40(61)52-36(25(3)54)41(62)49-30(21-33(46)56)37(58)50-31(42(63)53-19-9-11-32(53)39(60)48-28(43(64)65)10-8-18-45)23-66-67-44(16-6-5-7-17-44)22-34(57)47-29(38(59)51-35)20-26-12-14-27(55)15-13-26/h12-15,24-25,28-32,35-36,54-55H,4-11,16-23,45H2,1-3H3,(H2,46,56)(H,47,57)(H,48,60)(H,49,62)(H,50,58)(H,51,59)(H,52,61)(H,64,65)/t24-,25+,28-,29-,30-,31-,32-,35-,36-/m0/s1. The summed E-state index contributed by atoms with van der Waals surface area (Å²) in [5.74, 6) is -8.56. The predicted octanol–water partition coefficient (Wildman–Crippen LogP) is -0.552. The van der Waals surface area contributed by atoms with Gasteiger partial charge in [-0.1, -0.05) is 73.3 Å². The van der Waals surface area contributed by atoms with E-state index in [1.54, 1.807) is 26.0 Å². The number of phenols is 1. The van der Waals surface area contributed by atoms with Crippen LogP contribution in [-0.2, 0) is 49.6 Å². The number of phenolic OH excluding ortho intramolecular Hbond substituents is 1. The number of carbonyl (C=O) groups is 9. The minimum Gasteiger partial charge on any atom is -0.508 e. The van der Waals surface area contributed by atoms with Crippen LogP contribution in [0.25, 0.3) is 0 Å². The first-order valence-electron chi connectivity index (χ1n) is 22.9. The van der Waals surface area contributed by atoms with Crippen molar-refractivity contribution < 1.29 is 58.5 Å². The number of hydrogen-bond acceptors (Lipinski definition) is 14. The van der Waals surface area contributed by atoms with Gasteiger partial charge in [0.1, 0.15) is 48.0 Å². The van der Waals surface area contributed by atoms with Gasteiger partial charge < -0.3 is 63.6 Å². The van der Waals surface area contributed by atoms with Crippen molar-refractivity contribution in [2.24, 2.45) is 17.4 Å². The molecule has 1 saturated carbocycles. The van der Waals surface area contributed by atoms with Gasteiger partial charge in [0.15, 0.2) is 0 Å². The Morgan fingerprint density at radius 2 is 1.52 bits per heavy atom. The molecule has 0 unspecified atom stereocenters. The van der Waals surface area contributed by atoms with Gasteiger partial charge in [-0.3, -0.25) is 38.4 Å². The third-order valence-corrected chi connectivity index (χ3v) is 15.7. The number of aromatic hydroxyl groups is 1. The van der Waals surface area contributed by atoms with Crippen molar-refractivity contribution in [3.8, 4) is 5.75 Å². The molecular formula is C44H67N9O12S2. The molecule has 3 fully saturated rings. The van der Waals surface area contributed by atoms with Gasteiger partial charge >= 0.3 is 5.97 Å². The maximum Gasteiger partial charge on any atom is 0.326 e. The van der Waals surface area contributed by atoms with E-state index in [-0.39, 0.29) is 50.3 Å². The Hall–Kier alpha value is -5.13. The number of nitrogens with one attached hydrogen (secondary N) is 6. The molecule has 3 aliphatic rings. The van der Waals surface area contributed by atoms with Crippen LogP contribution in [0.4, 0.5) is 0 Å². The van der Waals surface area contributed by atoms with Crippen molar-refractivity contribution in [2.75, 3.05) is 18.8 Å². The number of hydrogen-bond donors (Lipinski definition) is 11. The first-order valence-corrected chi connectivity index (χ1v) is 25.2. The number of rotatable bonds is 14. The Morgan fingerprint density at radius 3 is 2.13 bits per heavy atom. The molecule has 9 atom stereocenters. The second-order valence-corrected chi connectivity index (χ2v) is 20.5. The minimum atomic E-state index is -1.74. The molecule has 21 nitrogen and oxygen atoms in total. The highest BCUT2D eigenvalue weighted by Crippen LogP contribution is 2.48. The SMILES string of the molecule is CC[C@H](C)[C@@H]1NC(=O)[C@H](Cc2ccc(O)cc2)NC(=O)CC2(CCCCC2)SSC[C@@H](C(=O)N2CCC[C@H]2C(=O)N[C@@H](CCCN)C(=O)O)NC(=O)[C@H](CC(N)=O)NC(=O)[C@H]([C@@H](C)O)NC1=O. The van der Waals surface area contributed by atoms with E-state index in [4.69, 9.17) is 11.5 Å². The van der Waals surface area contributed by atoms with E-state index in [1.807, 2.05) is 0 Å². The fraction of sp³-hybridized carbons (Fsp3) is 0.659. The fourth-order valence-electron chi connectivity index (χ4n) is 8.40. The van der Waals surface area contributed by atoms with Gasteiger partial charge in [0.2, 0.25) is 47.3 Å². The molecule has 0 radical (unpaired) electrons. The van der Waals surface area contributed by atoms with Crippen LogP contribution in [0.15, 0.2) is 24.3 Å². The van der Waals surface area contributed by atoms with Crippen LogP contribution in [0.3, 0.4) is 0 Å². The van der Waals surface area contributed by atoms with Crippen molar-refractivity contribution in [3.63, 3.8) is 0 Å². The first kappa shape index (κ1) is 54.5. The number of carboxylic acids is 1. The molecule has 1 aliphatic carbocycles. The monoisotopic (exact) mass is 977 g/mol. The number of nitrogens with two attached hydrogens (primary N) is 2. The molecule has 2 aliphatic heterocycles. The smallest absolute Gasteiger partial charge is 0.326 e. The number of carboxylic acid groups (broad SMARTS) is 1. The third-order valence-electron chi connectivity index (χ3n) is 12.4.